The minimum absolute atomic E-state index is 0.733. The van der Waals surface area contributed by atoms with E-state index in [0.29, 0.717) is 0 Å². The van der Waals surface area contributed by atoms with Gasteiger partial charge in [0.1, 0.15) is 0 Å². The van der Waals surface area contributed by atoms with Crippen LogP contribution in [0.1, 0.15) is 0 Å². The van der Waals surface area contributed by atoms with Crippen LogP contribution in [-0.2, 0) is 4.57 Å². The molecule has 0 bridgehead atoms. The molecular weight excluding hydrogens is 618 g/mol. The number of thiophene rings is 2. The average molecular weight is 644 g/mol. The molecule has 0 spiro atoms. The van der Waals surface area contributed by atoms with Crippen molar-refractivity contribution in [2.24, 2.45) is 0 Å². The molecule has 9 rings (SSSR count). The second-order valence-electron chi connectivity index (χ2n) is 11.5. The van der Waals surface area contributed by atoms with Gasteiger partial charge in [-0.05, 0) is 53.1 Å². The Morgan fingerprint density at radius 2 is 1.04 bits per heavy atom. The summed E-state index contributed by atoms with van der Waals surface area (Å²) < 4.78 is 20.2. The first kappa shape index (κ1) is 27.5. The molecule has 0 N–H and O–H groups in total. The van der Waals surface area contributed by atoms with Gasteiger partial charge < -0.3 is 4.57 Å². The van der Waals surface area contributed by atoms with Gasteiger partial charge in [-0.3, -0.25) is 4.98 Å². The third-order valence-electron chi connectivity index (χ3n) is 8.84. The largest absolute Gasteiger partial charge is 0.309 e. The van der Waals surface area contributed by atoms with Crippen LogP contribution in [0.4, 0.5) is 0 Å². The van der Waals surface area contributed by atoms with Crippen molar-refractivity contribution in [2.75, 3.05) is 0 Å². The standard InChI is InChI=1S/C41H26NOPS2/c43-44(30-10-3-1-4-11-30,31-12-5-2-6-13-31)32-22-29(25-42-26-32)27-18-20-39-36(23-27)37-24-28(19-21-40(37)45-39)33-15-9-16-35-34-14-7-8-17-38(34)46-41(33)35/h1-26H. The summed E-state index contributed by atoms with van der Waals surface area (Å²) in [5, 5.41) is 7.45. The number of benzene rings is 6. The van der Waals surface area contributed by atoms with Crippen LogP contribution >= 0.6 is 29.8 Å². The predicted octanol–water partition coefficient (Wildman–Crippen LogP) is 10.8. The Hall–Kier alpha value is -4.86. The second kappa shape index (κ2) is 10.9. The highest BCUT2D eigenvalue weighted by atomic mass is 32.1. The lowest BCUT2D eigenvalue weighted by Gasteiger charge is -2.20. The first-order valence-corrected chi connectivity index (χ1v) is 18.5. The fourth-order valence-electron chi connectivity index (χ4n) is 6.58. The molecule has 0 aliphatic carbocycles. The van der Waals surface area contributed by atoms with E-state index in [0.717, 1.165) is 27.0 Å². The van der Waals surface area contributed by atoms with Gasteiger partial charge in [0.15, 0.2) is 7.14 Å². The quantitative estimate of drug-likeness (QED) is 0.175. The van der Waals surface area contributed by atoms with Gasteiger partial charge in [0.25, 0.3) is 0 Å². The van der Waals surface area contributed by atoms with Crippen molar-refractivity contribution in [3.63, 3.8) is 0 Å². The molecule has 3 heterocycles. The van der Waals surface area contributed by atoms with Gasteiger partial charge >= 0.3 is 0 Å². The van der Waals surface area contributed by atoms with Gasteiger partial charge in [0.05, 0.1) is 0 Å². The van der Waals surface area contributed by atoms with E-state index in [-0.39, 0.29) is 0 Å². The monoisotopic (exact) mass is 643 g/mol. The van der Waals surface area contributed by atoms with Crippen molar-refractivity contribution in [1.82, 2.24) is 4.98 Å². The van der Waals surface area contributed by atoms with Crippen LogP contribution in [0.5, 0.6) is 0 Å². The first-order valence-electron chi connectivity index (χ1n) is 15.2. The Labute approximate surface area is 274 Å². The molecule has 0 fully saturated rings. The van der Waals surface area contributed by atoms with Gasteiger partial charge in [-0.25, -0.2) is 0 Å². The maximum absolute atomic E-state index is 15.0. The lowest BCUT2D eigenvalue weighted by Crippen LogP contribution is -2.25. The zero-order valence-electron chi connectivity index (χ0n) is 24.6. The van der Waals surface area contributed by atoms with Gasteiger partial charge in [-0.15, -0.1) is 22.7 Å². The molecule has 6 aromatic carbocycles. The molecule has 0 saturated heterocycles. The molecule has 0 aliphatic rings. The van der Waals surface area contributed by atoms with Crippen LogP contribution < -0.4 is 15.9 Å². The summed E-state index contributed by atoms with van der Waals surface area (Å²) in [6.45, 7) is 0. The van der Waals surface area contributed by atoms with Crippen molar-refractivity contribution in [3.8, 4) is 22.3 Å². The van der Waals surface area contributed by atoms with Crippen LogP contribution in [0.2, 0.25) is 0 Å². The number of rotatable bonds is 5. The minimum atomic E-state index is -3.13. The molecule has 0 atom stereocenters. The summed E-state index contributed by atoms with van der Waals surface area (Å²) in [6, 6.07) is 50.5. The SMILES string of the molecule is O=P(c1ccccc1)(c1ccccc1)c1cncc(-c2ccc3sc4ccc(-c5cccc6c5sc5ccccc56)cc4c3c2)c1. The third-order valence-corrected chi connectivity index (χ3v) is 14.2. The molecule has 3 aromatic heterocycles. The van der Waals surface area contributed by atoms with E-state index < -0.39 is 7.14 Å². The first-order chi connectivity index (χ1) is 22.7. The summed E-state index contributed by atoms with van der Waals surface area (Å²) in [5.41, 5.74) is 4.51. The van der Waals surface area contributed by atoms with Crippen LogP contribution in [0.15, 0.2) is 158 Å². The molecule has 9 aromatic rings. The van der Waals surface area contributed by atoms with E-state index in [1.165, 1.54) is 51.5 Å². The lowest BCUT2D eigenvalue weighted by atomic mass is 9.99. The predicted molar refractivity (Wildman–Crippen MR) is 200 cm³/mol. The molecule has 0 aliphatic heterocycles. The number of pyridine rings is 1. The van der Waals surface area contributed by atoms with Gasteiger partial charge in [-0.2, -0.15) is 0 Å². The average Bonchev–Trinajstić information content (AvgIpc) is 3.70. The molecule has 218 valence electrons. The molecular formula is C41H26NOPS2. The number of aromatic nitrogens is 1. The highest BCUT2D eigenvalue weighted by Gasteiger charge is 2.30. The number of hydrogen-bond acceptors (Lipinski definition) is 4. The van der Waals surface area contributed by atoms with E-state index in [4.69, 9.17) is 0 Å². The highest BCUT2D eigenvalue weighted by molar-refractivity contribution is 7.85. The summed E-state index contributed by atoms with van der Waals surface area (Å²) >= 11 is 3.69. The Morgan fingerprint density at radius 1 is 0.435 bits per heavy atom. The zero-order valence-corrected chi connectivity index (χ0v) is 27.2. The van der Waals surface area contributed by atoms with Crippen LogP contribution in [0, 0.1) is 0 Å². The van der Waals surface area contributed by atoms with Crippen LogP contribution in [0.25, 0.3) is 62.6 Å². The molecule has 46 heavy (non-hydrogen) atoms. The fourth-order valence-corrected chi connectivity index (χ4v) is 11.5. The lowest BCUT2D eigenvalue weighted by molar-refractivity contribution is 0.592. The van der Waals surface area contributed by atoms with Crippen molar-refractivity contribution in [1.29, 1.82) is 0 Å². The van der Waals surface area contributed by atoms with Gasteiger partial charge in [0, 0.05) is 74.2 Å². The topological polar surface area (TPSA) is 30.0 Å². The molecule has 2 nitrogen and oxygen atoms in total. The van der Waals surface area contributed by atoms with E-state index in [1.54, 1.807) is 6.20 Å². The number of hydrogen-bond donors (Lipinski definition) is 0. The van der Waals surface area contributed by atoms with E-state index in [9.17, 15) is 0 Å². The number of nitrogens with zero attached hydrogens (tertiary/aromatic N) is 1. The van der Waals surface area contributed by atoms with Crippen LogP contribution in [-0.4, -0.2) is 4.98 Å². The normalized spacial score (nSPS) is 12.0. The van der Waals surface area contributed by atoms with Crippen LogP contribution in [0.3, 0.4) is 0 Å². The maximum atomic E-state index is 15.0. The fraction of sp³-hybridized carbons (Fsp3) is 0. The summed E-state index contributed by atoms with van der Waals surface area (Å²) in [4.78, 5) is 4.64. The molecule has 5 heteroatoms. The maximum Gasteiger partial charge on any atom is 0.172 e. The van der Waals surface area contributed by atoms with Crippen molar-refractivity contribution in [2.45, 2.75) is 0 Å². The second-order valence-corrected chi connectivity index (χ2v) is 16.4. The smallest absolute Gasteiger partial charge is 0.172 e. The summed E-state index contributed by atoms with van der Waals surface area (Å²) in [7, 11) is -3.13. The van der Waals surface area contributed by atoms with E-state index in [2.05, 4.69) is 89.9 Å². The Balaban J connectivity index is 1.18. The van der Waals surface area contributed by atoms with E-state index >= 15 is 4.57 Å². The Morgan fingerprint density at radius 3 is 1.78 bits per heavy atom. The van der Waals surface area contributed by atoms with Crippen molar-refractivity contribution < 1.29 is 4.57 Å². The zero-order chi connectivity index (χ0) is 30.7. The van der Waals surface area contributed by atoms with Crippen molar-refractivity contribution in [3.05, 3.63) is 158 Å². The molecule has 0 unspecified atom stereocenters. The van der Waals surface area contributed by atoms with E-state index in [1.807, 2.05) is 89.5 Å². The summed E-state index contributed by atoms with van der Waals surface area (Å²) in [6.07, 6.45) is 3.65. The number of fused-ring (bicyclic) bond motifs is 6. The Kier molecular flexibility index (Phi) is 6.50. The van der Waals surface area contributed by atoms with Gasteiger partial charge in [0.2, 0.25) is 0 Å². The highest BCUT2D eigenvalue weighted by Crippen LogP contribution is 2.45. The summed E-state index contributed by atoms with van der Waals surface area (Å²) in [5.74, 6) is 0. The third kappa shape index (κ3) is 4.37. The molecule has 0 amide bonds. The molecule has 0 saturated carbocycles. The minimum Gasteiger partial charge on any atom is -0.309 e. The Bertz CT molecular complexity index is 2580. The van der Waals surface area contributed by atoms with Gasteiger partial charge in [-0.1, -0.05) is 109 Å². The molecule has 0 radical (unpaired) electrons. The van der Waals surface area contributed by atoms with Crippen molar-refractivity contribution >= 4 is 86.1 Å².